The van der Waals surface area contributed by atoms with Gasteiger partial charge in [-0.25, -0.2) is 8.42 Å². The van der Waals surface area contributed by atoms with Crippen molar-refractivity contribution < 1.29 is 17.9 Å². The summed E-state index contributed by atoms with van der Waals surface area (Å²) in [6.45, 7) is 4.16. The van der Waals surface area contributed by atoms with Crippen LogP contribution < -0.4 is 14.8 Å². The Balaban J connectivity index is 0.00000169. The first kappa shape index (κ1) is 17.8. The number of nitrogens with zero attached hydrogens (tertiary/aromatic N) is 1. The second kappa shape index (κ2) is 6.71. The molecule has 1 aromatic rings. The summed E-state index contributed by atoms with van der Waals surface area (Å²) in [4.78, 5) is 0.299. The van der Waals surface area contributed by atoms with Crippen molar-refractivity contribution in [3.63, 3.8) is 0 Å². The van der Waals surface area contributed by atoms with E-state index in [1.54, 1.807) is 22.5 Å². The van der Waals surface area contributed by atoms with Gasteiger partial charge < -0.3 is 14.8 Å². The number of hydrogen-bond donors (Lipinski definition) is 1. The van der Waals surface area contributed by atoms with Gasteiger partial charge in [-0.15, -0.1) is 12.4 Å². The predicted octanol–water partition coefficient (Wildman–Crippen LogP) is 1.64. The van der Waals surface area contributed by atoms with Crippen molar-refractivity contribution in [1.82, 2.24) is 9.62 Å². The summed E-state index contributed by atoms with van der Waals surface area (Å²) in [5.74, 6) is 1.14. The van der Waals surface area contributed by atoms with Crippen molar-refractivity contribution in [2.24, 2.45) is 5.41 Å². The Kier molecular flexibility index (Phi) is 4.97. The zero-order chi connectivity index (χ0) is 15.9. The number of fused-ring (bicyclic) bond motifs is 1. The van der Waals surface area contributed by atoms with Crippen LogP contribution in [0.5, 0.6) is 11.5 Å². The van der Waals surface area contributed by atoms with Crippen molar-refractivity contribution in [3.05, 3.63) is 18.2 Å². The van der Waals surface area contributed by atoms with Crippen LogP contribution in [-0.4, -0.2) is 52.1 Å². The summed E-state index contributed by atoms with van der Waals surface area (Å²) in [5.41, 5.74) is 0.159. The highest BCUT2D eigenvalue weighted by atomic mass is 35.5. The summed E-state index contributed by atoms with van der Waals surface area (Å²) in [6.07, 6.45) is 3.07. The predicted molar refractivity (Wildman–Crippen MR) is 92.6 cm³/mol. The van der Waals surface area contributed by atoms with E-state index in [4.69, 9.17) is 9.47 Å². The number of halogens is 1. The summed E-state index contributed by atoms with van der Waals surface area (Å²) in [7, 11) is -3.47. The molecule has 1 N–H and O–H groups in total. The lowest BCUT2D eigenvalue weighted by atomic mass is 9.78. The van der Waals surface area contributed by atoms with Gasteiger partial charge in [-0.3, -0.25) is 0 Å². The Morgan fingerprint density at radius 2 is 1.75 bits per heavy atom. The lowest BCUT2D eigenvalue weighted by Gasteiger charge is -2.33. The van der Waals surface area contributed by atoms with E-state index < -0.39 is 10.0 Å². The smallest absolute Gasteiger partial charge is 0.243 e. The SMILES string of the molecule is Cl.O=S(=O)(c1ccc2c(c1)OCCO2)N1CCC2(CCNCC2)C1. The monoisotopic (exact) mass is 374 g/mol. The molecule has 4 rings (SSSR count). The van der Waals surface area contributed by atoms with Crippen LogP contribution in [0, 0.1) is 5.41 Å². The van der Waals surface area contributed by atoms with Gasteiger partial charge in [0.15, 0.2) is 11.5 Å². The maximum Gasteiger partial charge on any atom is 0.243 e. The van der Waals surface area contributed by atoms with Crippen molar-refractivity contribution >= 4 is 22.4 Å². The minimum absolute atomic E-state index is 0. The lowest BCUT2D eigenvalue weighted by molar-refractivity contribution is 0.171. The zero-order valence-corrected chi connectivity index (χ0v) is 15.1. The molecule has 3 heterocycles. The van der Waals surface area contributed by atoms with Crippen LogP contribution >= 0.6 is 12.4 Å². The molecule has 3 aliphatic heterocycles. The molecular formula is C16H23ClN2O4S. The van der Waals surface area contributed by atoms with E-state index in [0.717, 1.165) is 32.4 Å². The average Bonchev–Trinajstić information content (AvgIpc) is 2.99. The fraction of sp³-hybridized carbons (Fsp3) is 0.625. The van der Waals surface area contributed by atoms with Crippen molar-refractivity contribution in [1.29, 1.82) is 0 Å². The number of piperidine rings is 1. The number of sulfonamides is 1. The Bertz CT molecular complexity index is 704. The normalized spacial score (nSPS) is 23.0. The van der Waals surface area contributed by atoms with E-state index in [1.807, 2.05) is 0 Å². The highest BCUT2D eigenvalue weighted by Crippen LogP contribution is 2.41. The zero-order valence-electron chi connectivity index (χ0n) is 13.5. The molecule has 0 saturated carbocycles. The second-order valence-electron chi connectivity index (χ2n) is 6.64. The Morgan fingerprint density at radius 1 is 1.04 bits per heavy atom. The molecule has 0 atom stereocenters. The van der Waals surface area contributed by atoms with E-state index >= 15 is 0 Å². The van der Waals surface area contributed by atoms with Gasteiger partial charge in [0.2, 0.25) is 10.0 Å². The van der Waals surface area contributed by atoms with Gasteiger partial charge in [0.05, 0.1) is 4.90 Å². The van der Waals surface area contributed by atoms with Crippen molar-refractivity contribution in [2.45, 2.75) is 24.2 Å². The van der Waals surface area contributed by atoms with Gasteiger partial charge in [-0.1, -0.05) is 0 Å². The van der Waals surface area contributed by atoms with Crippen LogP contribution in [0.4, 0.5) is 0 Å². The standard InChI is InChI=1S/C16H22N2O4S.ClH/c19-23(20,13-1-2-14-15(11-13)22-10-9-21-14)18-8-5-16(12-18)3-6-17-7-4-16;/h1-2,11,17H,3-10,12H2;1H. The summed E-state index contributed by atoms with van der Waals surface area (Å²) in [5, 5.41) is 3.36. The van der Waals surface area contributed by atoms with Gasteiger partial charge in [0, 0.05) is 19.2 Å². The quantitative estimate of drug-likeness (QED) is 0.852. The topological polar surface area (TPSA) is 67.9 Å². The molecule has 0 aliphatic carbocycles. The third-order valence-electron chi connectivity index (χ3n) is 5.22. The molecule has 1 spiro atoms. The molecule has 1 aromatic carbocycles. The van der Waals surface area contributed by atoms with Gasteiger partial charge in [-0.2, -0.15) is 4.31 Å². The summed E-state index contributed by atoms with van der Waals surface area (Å²) >= 11 is 0. The Labute approximate surface area is 149 Å². The average molecular weight is 375 g/mol. The van der Waals surface area contributed by atoms with Crippen molar-refractivity contribution in [3.8, 4) is 11.5 Å². The molecule has 8 heteroatoms. The van der Waals surface area contributed by atoms with Gasteiger partial charge >= 0.3 is 0 Å². The van der Waals surface area contributed by atoms with Crippen molar-refractivity contribution in [2.75, 3.05) is 39.4 Å². The fourth-order valence-electron chi connectivity index (χ4n) is 3.80. The number of hydrogen-bond acceptors (Lipinski definition) is 5. The first-order valence-electron chi connectivity index (χ1n) is 8.20. The third kappa shape index (κ3) is 3.10. The molecule has 3 aliphatic rings. The Morgan fingerprint density at radius 3 is 2.50 bits per heavy atom. The Hall–Kier alpha value is -1.02. The number of rotatable bonds is 2. The van der Waals surface area contributed by atoms with Crippen LogP contribution in [0.2, 0.25) is 0 Å². The maximum atomic E-state index is 13.0. The molecule has 134 valence electrons. The lowest BCUT2D eigenvalue weighted by Crippen LogP contribution is -2.39. The number of ether oxygens (including phenoxy) is 2. The molecule has 2 saturated heterocycles. The van der Waals surface area contributed by atoms with Crippen LogP contribution in [0.15, 0.2) is 23.1 Å². The van der Waals surface area contributed by atoms with E-state index in [0.29, 0.717) is 42.7 Å². The molecule has 2 fully saturated rings. The molecule has 0 amide bonds. The number of benzene rings is 1. The molecule has 0 radical (unpaired) electrons. The fourth-order valence-corrected chi connectivity index (χ4v) is 5.37. The molecule has 24 heavy (non-hydrogen) atoms. The largest absolute Gasteiger partial charge is 0.486 e. The van der Waals surface area contributed by atoms with Crippen LogP contribution in [0.25, 0.3) is 0 Å². The minimum atomic E-state index is -3.47. The van der Waals surface area contributed by atoms with Gasteiger partial charge in [0.25, 0.3) is 0 Å². The summed E-state index contributed by atoms with van der Waals surface area (Å²) < 4.78 is 38.5. The summed E-state index contributed by atoms with van der Waals surface area (Å²) in [6, 6.07) is 4.91. The van der Waals surface area contributed by atoms with Gasteiger partial charge in [0.1, 0.15) is 13.2 Å². The van der Waals surface area contributed by atoms with E-state index in [1.165, 1.54) is 0 Å². The molecule has 0 bridgehead atoms. The maximum absolute atomic E-state index is 13.0. The molecule has 6 nitrogen and oxygen atoms in total. The minimum Gasteiger partial charge on any atom is -0.486 e. The highest BCUT2D eigenvalue weighted by molar-refractivity contribution is 7.89. The molecule has 0 unspecified atom stereocenters. The van der Waals surface area contributed by atoms with E-state index in [2.05, 4.69) is 5.32 Å². The van der Waals surface area contributed by atoms with Crippen LogP contribution in [-0.2, 0) is 10.0 Å². The van der Waals surface area contributed by atoms with Gasteiger partial charge in [-0.05, 0) is 49.9 Å². The first-order chi connectivity index (χ1) is 11.1. The first-order valence-corrected chi connectivity index (χ1v) is 9.64. The molecule has 0 aromatic heterocycles. The third-order valence-corrected chi connectivity index (χ3v) is 7.06. The van der Waals surface area contributed by atoms with Crippen LogP contribution in [0.3, 0.4) is 0 Å². The highest BCUT2D eigenvalue weighted by Gasteiger charge is 2.43. The second-order valence-corrected chi connectivity index (χ2v) is 8.58. The van der Waals surface area contributed by atoms with E-state index in [9.17, 15) is 8.42 Å². The number of nitrogens with one attached hydrogen (secondary N) is 1. The van der Waals surface area contributed by atoms with E-state index in [-0.39, 0.29) is 17.8 Å². The molecular weight excluding hydrogens is 352 g/mol. The van der Waals surface area contributed by atoms with Crippen LogP contribution in [0.1, 0.15) is 19.3 Å².